The predicted octanol–water partition coefficient (Wildman–Crippen LogP) is 1.79. The van der Waals surface area contributed by atoms with Gasteiger partial charge in [-0.05, 0) is 19.4 Å². The van der Waals surface area contributed by atoms with E-state index in [1.165, 1.54) is 22.2 Å². The first-order valence-electron chi connectivity index (χ1n) is 9.31. The van der Waals surface area contributed by atoms with E-state index in [2.05, 4.69) is 4.98 Å². The molecule has 2 amide bonds. The Morgan fingerprint density at radius 2 is 1.78 bits per heavy atom. The third kappa shape index (κ3) is 3.90. The summed E-state index contributed by atoms with van der Waals surface area (Å²) in [6.45, 7) is 10.3. The summed E-state index contributed by atoms with van der Waals surface area (Å²) in [4.78, 5) is 47.1. The molecule has 0 N–H and O–H groups in total. The van der Waals surface area contributed by atoms with Gasteiger partial charge < -0.3 is 9.80 Å². The number of carbonyl (C=O) groups is 2. The molecule has 0 saturated carbocycles. The van der Waals surface area contributed by atoms with E-state index in [0.717, 1.165) is 15.3 Å². The summed E-state index contributed by atoms with van der Waals surface area (Å²) in [7, 11) is 0. The highest BCUT2D eigenvalue weighted by Gasteiger charge is 2.25. The van der Waals surface area contributed by atoms with Gasteiger partial charge in [-0.2, -0.15) is 0 Å². The van der Waals surface area contributed by atoms with Crippen molar-refractivity contribution in [3.63, 3.8) is 0 Å². The van der Waals surface area contributed by atoms with Crippen molar-refractivity contribution < 1.29 is 9.59 Å². The number of aryl methyl sites for hydroxylation is 3. The molecule has 0 atom stereocenters. The number of amides is 2. The molecule has 27 heavy (non-hydrogen) atoms. The molecule has 1 aliphatic rings. The topological polar surface area (TPSA) is 75.5 Å². The Kier molecular flexibility index (Phi) is 5.64. The molecule has 0 spiro atoms. The van der Waals surface area contributed by atoms with Crippen LogP contribution in [0.1, 0.15) is 30.7 Å². The number of aromatic nitrogens is 2. The number of nitrogens with zero attached hydrogens (tertiary/aromatic N) is 4. The van der Waals surface area contributed by atoms with Crippen molar-refractivity contribution >= 4 is 33.4 Å². The number of fused-ring (bicyclic) bond motifs is 1. The van der Waals surface area contributed by atoms with Gasteiger partial charge in [0.15, 0.2) is 0 Å². The minimum Gasteiger partial charge on any atom is -0.339 e. The molecule has 1 fully saturated rings. The maximum atomic E-state index is 12.7. The second-order valence-corrected chi connectivity index (χ2v) is 8.52. The molecule has 7 nitrogen and oxygen atoms in total. The molecule has 0 radical (unpaired) electrons. The number of rotatable bonds is 4. The highest BCUT2D eigenvalue weighted by Crippen LogP contribution is 2.25. The molecular formula is C19H26N4O3S. The van der Waals surface area contributed by atoms with Gasteiger partial charge in [0, 0.05) is 49.9 Å². The molecule has 2 aromatic heterocycles. The minimum absolute atomic E-state index is 0.0110. The second-order valence-electron chi connectivity index (χ2n) is 7.32. The van der Waals surface area contributed by atoms with Crippen LogP contribution in [0, 0.1) is 19.8 Å². The SMILES string of the molecule is Cc1sc2ncn(CCC(=O)N3CCN(C(=O)C(C)C)CC3)c(=O)c2c1C. The Labute approximate surface area is 162 Å². The number of carbonyl (C=O) groups excluding carboxylic acids is 2. The maximum absolute atomic E-state index is 12.7. The fourth-order valence-electron chi connectivity index (χ4n) is 3.34. The van der Waals surface area contributed by atoms with Gasteiger partial charge in [-0.3, -0.25) is 19.0 Å². The average Bonchev–Trinajstić information content (AvgIpc) is 2.95. The van der Waals surface area contributed by atoms with Crippen molar-refractivity contribution in [2.24, 2.45) is 5.92 Å². The van der Waals surface area contributed by atoms with Crippen molar-refractivity contribution in [3.05, 3.63) is 27.1 Å². The van der Waals surface area contributed by atoms with Gasteiger partial charge >= 0.3 is 0 Å². The lowest BCUT2D eigenvalue weighted by Crippen LogP contribution is -2.51. The van der Waals surface area contributed by atoms with Gasteiger partial charge in [0.1, 0.15) is 4.83 Å². The summed E-state index contributed by atoms with van der Waals surface area (Å²) < 4.78 is 1.53. The van der Waals surface area contributed by atoms with Gasteiger partial charge in [-0.1, -0.05) is 13.8 Å². The Balaban J connectivity index is 1.61. The number of piperazine rings is 1. The fraction of sp³-hybridized carbons (Fsp3) is 0.579. The molecule has 3 heterocycles. The van der Waals surface area contributed by atoms with E-state index in [-0.39, 0.29) is 29.7 Å². The van der Waals surface area contributed by atoms with Crippen LogP contribution in [0.4, 0.5) is 0 Å². The molecular weight excluding hydrogens is 364 g/mol. The largest absolute Gasteiger partial charge is 0.339 e. The van der Waals surface area contributed by atoms with Gasteiger partial charge in [0.25, 0.3) is 5.56 Å². The van der Waals surface area contributed by atoms with Gasteiger partial charge in [0.2, 0.25) is 11.8 Å². The molecule has 0 aromatic carbocycles. The summed E-state index contributed by atoms with van der Waals surface area (Å²) in [5.41, 5.74) is 0.890. The van der Waals surface area contributed by atoms with Gasteiger partial charge in [-0.15, -0.1) is 11.3 Å². The predicted molar refractivity (Wildman–Crippen MR) is 106 cm³/mol. The molecule has 0 bridgehead atoms. The quantitative estimate of drug-likeness (QED) is 0.798. The van der Waals surface area contributed by atoms with E-state index in [1.54, 1.807) is 4.90 Å². The fourth-order valence-corrected chi connectivity index (χ4v) is 4.33. The highest BCUT2D eigenvalue weighted by atomic mass is 32.1. The van der Waals surface area contributed by atoms with Crippen LogP contribution in [0.3, 0.4) is 0 Å². The van der Waals surface area contributed by atoms with Crippen molar-refractivity contribution in [3.8, 4) is 0 Å². The lowest BCUT2D eigenvalue weighted by molar-refractivity contribution is -0.141. The second kappa shape index (κ2) is 7.80. The van der Waals surface area contributed by atoms with E-state index < -0.39 is 0 Å². The lowest BCUT2D eigenvalue weighted by Gasteiger charge is -2.35. The van der Waals surface area contributed by atoms with Gasteiger partial charge in [-0.25, -0.2) is 4.98 Å². The summed E-state index contributed by atoms with van der Waals surface area (Å²) >= 11 is 1.52. The third-order valence-corrected chi connectivity index (χ3v) is 6.28. The minimum atomic E-state index is -0.0815. The van der Waals surface area contributed by atoms with Crippen LogP contribution in [0.15, 0.2) is 11.1 Å². The number of hydrogen-bond acceptors (Lipinski definition) is 5. The Bertz CT molecular complexity index is 923. The van der Waals surface area contributed by atoms with Crippen LogP contribution in [-0.2, 0) is 16.1 Å². The van der Waals surface area contributed by atoms with Crippen LogP contribution in [0.2, 0.25) is 0 Å². The van der Waals surface area contributed by atoms with Crippen molar-refractivity contribution in [1.29, 1.82) is 0 Å². The summed E-state index contributed by atoms with van der Waals surface area (Å²) in [5, 5.41) is 0.660. The molecule has 8 heteroatoms. The van der Waals surface area contributed by atoms with Crippen LogP contribution in [0.25, 0.3) is 10.2 Å². The molecule has 1 saturated heterocycles. The summed E-state index contributed by atoms with van der Waals surface area (Å²) in [6, 6.07) is 0. The zero-order chi connectivity index (χ0) is 19.7. The van der Waals surface area contributed by atoms with Crippen LogP contribution < -0.4 is 5.56 Å². The van der Waals surface area contributed by atoms with E-state index in [4.69, 9.17) is 0 Å². The Hall–Kier alpha value is -2.22. The number of hydrogen-bond donors (Lipinski definition) is 0. The maximum Gasteiger partial charge on any atom is 0.262 e. The van der Waals surface area contributed by atoms with Crippen LogP contribution >= 0.6 is 11.3 Å². The first-order chi connectivity index (χ1) is 12.8. The molecule has 146 valence electrons. The van der Waals surface area contributed by atoms with E-state index in [0.29, 0.717) is 38.1 Å². The highest BCUT2D eigenvalue weighted by molar-refractivity contribution is 7.18. The lowest BCUT2D eigenvalue weighted by atomic mass is 10.1. The molecule has 2 aromatic rings. The van der Waals surface area contributed by atoms with Crippen molar-refractivity contribution in [2.45, 2.75) is 40.7 Å². The monoisotopic (exact) mass is 390 g/mol. The Morgan fingerprint density at radius 3 is 2.41 bits per heavy atom. The summed E-state index contributed by atoms with van der Waals surface area (Å²) in [5.74, 6) is 0.122. The van der Waals surface area contributed by atoms with Crippen LogP contribution in [0.5, 0.6) is 0 Å². The molecule has 3 rings (SSSR count). The zero-order valence-corrected chi connectivity index (χ0v) is 17.1. The first-order valence-corrected chi connectivity index (χ1v) is 10.1. The van der Waals surface area contributed by atoms with Crippen molar-refractivity contribution in [2.75, 3.05) is 26.2 Å². The molecule has 1 aliphatic heterocycles. The number of thiophene rings is 1. The van der Waals surface area contributed by atoms with Crippen molar-refractivity contribution in [1.82, 2.24) is 19.4 Å². The van der Waals surface area contributed by atoms with E-state index >= 15 is 0 Å². The van der Waals surface area contributed by atoms with E-state index in [1.807, 2.05) is 32.6 Å². The first kappa shape index (κ1) is 19.5. The summed E-state index contributed by atoms with van der Waals surface area (Å²) in [6.07, 6.45) is 1.79. The normalized spacial score (nSPS) is 15.0. The molecule has 0 unspecified atom stereocenters. The third-order valence-electron chi connectivity index (χ3n) is 5.16. The van der Waals surface area contributed by atoms with E-state index in [9.17, 15) is 14.4 Å². The smallest absolute Gasteiger partial charge is 0.262 e. The van der Waals surface area contributed by atoms with Crippen LogP contribution in [-0.4, -0.2) is 57.3 Å². The standard InChI is InChI=1S/C19H26N4O3S/c1-12(2)18(25)22-9-7-21(8-10-22)15(24)5-6-23-11-20-17-16(19(23)26)13(3)14(4)27-17/h11-12H,5-10H2,1-4H3. The average molecular weight is 391 g/mol. The zero-order valence-electron chi connectivity index (χ0n) is 16.3. The Morgan fingerprint density at radius 1 is 1.15 bits per heavy atom. The molecule has 0 aliphatic carbocycles. The van der Waals surface area contributed by atoms with Gasteiger partial charge in [0.05, 0.1) is 11.7 Å².